The number of likely N-dealkylation sites (tertiary alicyclic amines) is 1. The second-order valence-corrected chi connectivity index (χ2v) is 6.93. The first-order valence-corrected chi connectivity index (χ1v) is 8.94. The number of hydrogen-bond donors (Lipinski definition) is 0. The number of hydrogen-bond acceptors (Lipinski definition) is 4. The van der Waals surface area contributed by atoms with Gasteiger partial charge in [0, 0.05) is 38.1 Å². The van der Waals surface area contributed by atoms with Gasteiger partial charge in [0.25, 0.3) is 0 Å². The Morgan fingerprint density at radius 3 is 2.72 bits per heavy atom. The van der Waals surface area contributed by atoms with Gasteiger partial charge in [0.2, 0.25) is 0 Å². The monoisotopic (exact) mass is 356 g/mol. The maximum Gasteiger partial charge on any atom is 0.122 e. The second kappa shape index (κ2) is 6.98. The lowest BCUT2D eigenvalue weighted by Gasteiger charge is -2.31. The van der Waals surface area contributed by atoms with E-state index in [1.165, 1.54) is 0 Å². The highest BCUT2D eigenvalue weighted by molar-refractivity contribution is 6.33. The maximum absolute atomic E-state index is 6.26. The summed E-state index contributed by atoms with van der Waals surface area (Å²) in [4.78, 5) is 6.86. The molecule has 0 spiro atoms. The number of nitrogens with zero attached hydrogens (tertiary/aromatic N) is 6. The van der Waals surface area contributed by atoms with E-state index in [1.807, 2.05) is 54.6 Å². The first-order chi connectivity index (χ1) is 12.2. The van der Waals surface area contributed by atoms with Gasteiger partial charge in [-0.25, -0.2) is 9.67 Å². The van der Waals surface area contributed by atoms with Gasteiger partial charge in [0.05, 0.1) is 23.8 Å². The summed E-state index contributed by atoms with van der Waals surface area (Å²) in [6, 6.07) is 8.14. The van der Waals surface area contributed by atoms with Crippen LogP contribution in [-0.2, 0) is 13.6 Å². The molecule has 2 aromatic heterocycles. The number of imidazole rings is 1. The molecule has 0 N–H and O–H groups in total. The van der Waals surface area contributed by atoms with E-state index in [0.717, 1.165) is 49.6 Å². The third-order valence-corrected chi connectivity index (χ3v) is 5.21. The lowest BCUT2D eigenvalue weighted by atomic mass is 10.1. The Morgan fingerprint density at radius 1 is 1.20 bits per heavy atom. The summed E-state index contributed by atoms with van der Waals surface area (Å²) < 4.78 is 4.08. The van der Waals surface area contributed by atoms with Gasteiger partial charge in [-0.3, -0.25) is 4.90 Å². The fourth-order valence-corrected chi connectivity index (χ4v) is 3.57. The van der Waals surface area contributed by atoms with E-state index in [4.69, 9.17) is 11.6 Å². The molecule has 130 valence electrons. The average molecular weight is 357 g/mol. The van der Waals surface area contributed by atoms with Crippen molar-refractivity contribution in [3.8, 4) is 11.3 Å². The van der Waals surface area contributed by atoms with Gasteiger partial charge in [-0.15, -0.1) is 5.10 Å². The van der Waals surface area contributed by atoms with Crippen LogP contribution in [0.2, 0.25) is 5.02 Å². The van der Waals surface area contributed by atoms with E-state index < -0.39 is 0 Å². The van der Waals surface area contributed by atoms with Crippen molar-refractivity contribution in [3.05, 3.63) is 53.7 Å². The molecule has 1 saturated heterocycles. The molecule has 1 aliphatic rings. The summed E-state index contributed by atoms with van der Waals surface area (Å²) in [5, 5.41) is 9.37. The van der Waals surface area contributed by atoms with Crippen LogP contribution in [0.5, 0.6) is 0 Å². The molecule has 7 heteroatoms. The van der Waals surface area contributed by atoms with Crippen molar-refractivity contribution in [1.29, 1.82) is 0 Å². The SMILES string of the molecule is Cn1ccnc1CN1CCC(n2cc(-c3ccccc3Cl)nn2)CC1. The Morgan fingerprint density at radius 2 is 2.00 bits per heavy atom. The predicted octanol–water partition coefficient (Wildman–Crippen LogP) is 3.17. The van der Waals surface area contributed by atoms with Gasteiger partial charge in [0.15, 0.2) is 0 Å². The summed E-state index contributed by atoms with van der Waals surface area (Å²) >= 11 is 6.26. The average Bonchev–Trinajstić information content (AvgIpc) is 3.26. The quantitative estimate of drug-likeness (QED) is 0.720. The summed E-state index contributed by atoms with van der Waals surface area (Å²) in [5.41, 5.74) is 1.77. The maximum atomic E-state index is 6.26. The fraction of sp³-hybridized carbons (Fsp3) is 0.389. The number of benzene rings is 1. The summed E-state index contributed by atoms with van der Waals surface area (Å²) in [7, 11) is 2.04. The molecule has 0 aliphatic carbocycles. The Bertz CT molecular complexity index is 847. The molecule has 25 heavy (non-hydrogen) atoms. The second-order valence-electron chi connectivity index (χ2n) is 6.53. The number of piperidine rings is 1. The standard InChI is InChI=1S/C18H21ClN6/c1-23-11-8-20-18(23)13-24-9-6-14(7-10-24)25-12-17(21-22-25)15-4-2-3-5-16(15)19/h2-5,8,11-12,14H,6-7,9-10,13H2,1H3. The molecule has 1 aromatic carbocycles. The van der Waals surface area contributed by atoms with E-state index in [-0.39, 0.29) is 0 Å². The number of halogens is 1. The molecule has 1 aliphatic heterocycles. The first-order valence-electron chi connectivity index (χ1n) is 8.56. The van der Waals surface area contributed by atoms with Crippen molar-refractivity contribution in [1.82, 2.24) is 29.4 Å². The van der Waals surface area contributed by atoms with Crippen molar-refractivity contribution in [2.24, 2.45) is 7.05 Å². The lowest BCUT2D eigenvalue weighted by Crippen LogP contribution is -2.35. The van der Waals surface area contributed by atoms with Gasteiger partial charge < -0.3 is 4.57 Å². The van der Waals surface area contributed by atoms with E-state index in [9.17, 15) is 0 Å². The highest BCUT2D eigenvalue weighted by atomic mass is 35.5. The summed E-state index contributed by atoms with van der Waals surface area (Å²) in [6.45, 7) is 2.98. The fourth-order valence-electron chi connectivity index (χ4n) is 3.34. The zero-order chi connectivity index (χ0) is 17.2. The van der Waals surface area contributed by atoms with Crippen molar-refractivity contribution in [2.75, 3.05) is 13.1 Å². The smallest absolute Gasteiger partial charge is 0.122 e. The molecular formula is C18H21ClN6. The van der Waals surface area contributed by atoms with Crippen LogP contribution in [-0.4, -0.2) is 42.5 Å². The molecule has 6 nitrogen and oxygen atoms in total. The first kappa shape index (κ1) is 16.3. The molecule has 3 heterocycles. The topological polar surface area (TPSA) is 51.8 Å². The van der Waals surface area contributed by atoms with E-state index in [1.54, 1.807) is 0 Å². The van der Waals surface area contributed by atoms with Crippen LogP contribution in [0, 0.1) is 0 Å². The lowest BCUT2D eigenvalue weighted by molar-refractivity contribution is 0.167. The van der Waals surface area contributed by atoms with Crippen LogP contribution < -0.4 is 0 Å². The number of aryl methyl sites for hydroxylation is 1. The summed E-state index contributed by atoms with van der Waals surface area (Å²) in [5.74, 6) is 1.11. The van der Waals surface area contributed by atoms with Crippen LogP contribution in [0.15, 0.2) is 42.9 Å². The molecular weight excluding hydrogens is 336 g/mol. The van der Waals surface area contributed by atoms with Crippen LogP contribution in [0.3, 0.4) is 0 Å². The molecule has 0 bridgehead atoms. The molecule has 0 atom stereocenters. The minimum atomic E-state index is 0.390. The molecule has 0 unspecified atom stereocenters. The Hall–Kier alpha value is -2.18. The molecule has 3 aromatic rings. The molecule has 0 radical (unpaired) electrons. The predicted molar refractivity (Wildman–Crippen MR) is 97.2 cm³/mol. The van der Waals surface area contributed by atoms with Gasteiger partial charge in [-0.1, -0.05) is 35.0 Å². The van der Waals surface area contributed by atoms with Gasteiger partial charge in [0.1, 0.15) is 11.5 Å². The normalized spacial score (nSPS) is 16.4. The minimum absolute atomic E-state index is 0.390. The van der Waals surface area contributed by atoms with Crippen LogP contribution in [0.1, 0.15) is 24.7 Å². The highest BCUT2D eigenvalue weighted by Gasteiger charge is 2.22. The van der Waals surface area contributed by atoms with Gasteiger partial charge >= 0.3 is 0 Å². The van der Waals surface area contributed by atoms with E-state index >= 15 is 0 Å². The number of rotatable bonds is 4. The van der Waals surface area contributed by atoms with Crippen molar-refractivity contribution in [2.45, 2.75) is 25.4 Å². The largest absolute Gasteiger partial charge is 0.337 e. The molecule has 0 amide bonds. The third-order valence-electron chi connectivity index (χ3n) is 4.88. The van der Waals surface area contributed by atoms with Crippen molar-refractivity contribution in [3.63, 3.8) is 0 Å². The van der Waals surface area contributed by atoms with Crippen molar-refractivity contribution < 1.29 is 0 Å². The van der Waals surface area contributed by atoms with Gasteiger partial charge in [-0.05, 0) is 18.9 Å². The third kappa shape index (κ3) is 3.45. The zero-order valence-electron chi connectivity index (χ0n) is 14.2. The highest BCUT2D eigenvalue weighted by Crippen LogP contribution is 2.28. The van der Waals surface area contributed by atoms with E-state index in [2.05, 4.69) is 24.8 Å². The Kier molecular flexibility index (Phi) is 4.55. The van der Waals surface area contributed by atoms with Crippen LogP contribution in [0.4, 0.5) is 0 Å². The molecule has 0 saturated carbocycles. The zero-order valence-corrected chi connectivity index (χ0v) is 15.0. The van der Waals surface area contributed by atoms with Gasteiger partial charge in [-0.2, -0.15) is 0 Å². The molecule has 1 fully saturated rings. The Labute approximate surface area is 152 Å². The van der Waals surface area contributed by atoms with E-state index in [0.29, 0.717) is 11.1 Å². The van der Waals surface area contributed by atoms with Crippen LogP contribution >= 0.6 is 11.6 Å². The Balaban J connectivity index is 1.40. The van der Waals surface area contributed by atoms with Crippen LogP contribution in [0.25, 0.3) is 11.3 Å². The van der Waals surface area contributed by atoms with Crippen molar-refractivity contribution >= 4 is 11.6 Å². The summed E-state index contributed by atoms with van der Waals surface area (Å²) in [6.07, 6.45) is 7.99. The minimum Gasteiger partial charge on any atom is -0.337 e. The number of aromatic nitrogens is 5. The molecule has 4 rings (SSSR count).